The number of nitrogens with zero attached hydrogens (tertiary/aromatic N) is 3. The molecule has 2 aromatic rings. The molecule has 0 atom stereocenters. The molecule has 94 valence electrons. The number of rotatable bonds is 4. The fraction of sp³-hybridized carbons (Fsp3) is 0.250. The number of para-hydroxylation sites is 1. The number of hydrogen-bond acceptors (Lipinski definition) is 4. The first-order valence-electron chi connectivity index (χ1n) is 5.54. The zero-order chi connectivity index (χ0) is 13.1. The summed E-state index contributed by atoms with van der Waals surface area (Å²) in [6.45, 7) is 2.19. The van der Waals surface area contributed by atoms with E-state index >= 15 is 0 Å². The average molecular weight is 246 g/mol. The lowest BCUT2D eigenvalue weighted by Crippen LogP contribution is -2.04. The van der Waals surface area contributed by atoms with Gasteiger partial charge >= 0.3 is 0 Å². The molecule has 0 unspecified atom stereocenters. The summed E-state index contributed by atoms with van der Waals surface area (Å²) in [5.74, 6) is 0. The van der Waals surface area contributed by atoms with Crippen molar-refractivity contribution in [2.45, 2.75) is 13.5 Å². The van der Waals surface area contributed by atoms with Gasteiger partial charge < -0.3 is 5.32 Å². The number of aromatic nitrogens is 2. The molecule has 0 amide bonds. The minimum atomic E-state index is -0.365. The predicted octanol–water partition coefficient (Wildman–Crippen LogP) is 2.25. The minimum Gasteiger partial charge on any atom is -0.374 e. The Morgan fingerprint density at radius 1 is 1.44 bits per heavy atom. The van der Waals surface area contributed by atoms with Gasteiger partial charge in [0.25, 0.3) is 5.69 Å². The van der Waals surface area contributed by atoms with Gasteiger partial charge in [-0.1, -0.05) is 12.1 Å². The van der Waals surface area contributed by atoms with Crippen molar-refractivity contribution in [2.24, 2.45) is 7.05 Å². The van der Waals surface area contributed by atoms with E-state index in [9.17, 15) is 10.1 Å². The zero-order valence-electron chi connectivity index (χ0n) is 10.3. The Morgan fingerprint density at radius 2 is 2.22 bits per heavy atom. The van der Waals surface area contributed by atoms with Gasteiger partial charge in [-0.05, 0) is 19.1 Å². The van der Waals surface area contributed by atoms with Gasteiger partial charge in [-0.15, -0.1) is 0 Å². The molecule has 0 aliphatic carbocycles. The maximum Gasteiger partial charge on any atom is 0.295 e. The van der Waals surface area contributed by atoms with Crippen molar-refractivity contribution in [1.29, 1.82) is 0 Å². The molecule has 6 heteroatoms. The molecule has 1 aromatic carbocycles. The van der Waals surface area contributed by atoms with Crippen LogP contribution in [0.4, 0.5) is 11.4 Å². The Hall–Kier alpha value is -2.37. The maximum atomic E-state index is 11.0. The highest BCUT2D eigenvalue weighted by atomic mass is 16.6. The summed E-state index contributed by atoms with van der Waals surface area (Å²) in [4.78, 5) is 10.6. The third-order valence-corrected chi connectivity index (χ3v) is 2.65. The molecule has 18 heavy (non-hydrogen) atoms. The standard InChI is InChI=1S/C12H14N4O2/c1-9-4-3-5-11(12(9)16(17)18)13-8-10-6-7-15(2)14-10/h3-7,13H,8H2,1-2H3. The van der Waals surface area contributed by atoms with Crippen LogP contribution < -0.4 is 5.32 Å². The van der Waals surface area contributed by atoms with E-state index in [2.05, 4.69) is 10.4 Å². The molecule has 0 radical (unpaired) electrons. The van der Waals surface area contributed by atoms with E-state index in [-0.39, 0.29) is 10.6 Å². The number of nitro groups is 1. The monoisotopic (exact) mass is 246 g/mol. The number of anilines is 1. The van der Waals surface area contributed by atoms with E-state index < -0.39 is 0 Å². The van der Waals surface area contributed by atoms with Crippen LogP contribution in [0, 0.1) is 17.0 Å². The topological polar surface area (TPSA) is 73.0 Å². The average Bonchev–Trinajstić information content (AvgIpc) is 2.72. The van der Waals surface area contributed by atoms with Gasteiger partial charge in [0.2, 0.25) is 0 Å². The van der Waals surface area contributed by atoms with Crippen molar-refractivity contribution in [2.75, 3.05) is 5.32 Å². The second-order valence-electron chi connectivity index (χ2n) is 4.06. The molecular weight excluding hydrogens is 232 g/mol. The molecule has 1 N–H and O–H groups in total. The zero-order valence-corrected chi connectivity index (χ0v) is 10.3. The number of hydrogen-bond donors (Lipinski definition) is 1. The molecule has 2 rings (SSSR count). The summed E-state index contributed by atoms with van der Waals surface area (Å²) < 4.78 is 1.70. The van der Waals surface area contributed by atoms with Crippen LogP contribution in [0.1, 0.15) is 11.3 Å². The van der Waals surface area contributed by atoms with Crippen LogP contribution in [0.15, 0.2) is 30.5 Å². The van der Waals surface area contributed by atoms with E-state index in [0.717, 1.165) is 5.69 Å². The van der Waals surface area contributed by atoms with Crippen LogP contribution in [0.3, 0.4) is 0 Å². The van der Waals surface area contributed by atoms with Crippen molar-refractivity contribution >= 4 is 11.4 Å². The molecule has 0 saturated heterocycles. The molecule has 0 aliphatic heterocycles. The largest absolute Gasteiger partial charge is 0.374 e. The highest BCUT2D eigenvalue weighted by Crippen LogP contribution is 2.28. The normalized spacial score (nSPS) is 10.3. The van der Waals surface area contributed by atoms with Crippen molar-refractivity contribution in [3.8, 4) is 0 Å². The van der Waals surface area contributed by atoms with Crippen LogP contribution in [-0.2, 0) is 13.6 Å². The molecule has 0 bridgehead atoms. The van der Waals surface area contributed by atoms with Crippen LogP contribution in [-0.4, -0.2) is 14.7 Å². The SMILES string of the molecule is Cc1cccc(NCc2ccn(C)n2)c1[N+](=O)[O-]. The minimum absolute atomic E-state index is 0.119. The van der Waals surface area contributed by atoms with E-state index in [1.165, 1.54) is 0 Å². The lowest BCUT2D eigenvalue weighted by molar-refractivity contribution is -0.384. The van der Waals surface area contributed by atoms with E-state index in [1.54, 1.807) is 29.8 Å². The third-order valence-electron chi connectivity index (χ3n) is 2.65. The molecule has 1 heterocycles. The van der Waals surface area contributed by atoms with Crippen molar-refractivity contribution in [3.05, 3.63) is 51.8 Å². The number of benzene rings is 1. The maximum absolute atomic E-state index is 11.0. The quantitative estimate of drug-likeness (QED) is 0.663. The Kier molecular flexibility index (Phi) is 3.27. The Balaban J connectivity index is 2.19. The second-order valence-corrected chi connectivity index (χ2v) is 4.06. The molecule has 0 spiro atoms. The Bertz CT molecular complexity index is 577. The lowest BCUT2D eigenvalue weighted by atomic mass is 10.1. The Labute approximate surface area is 104 Å². The summed E-state index contributed by atoms with van der Waals surface area (Å²) in [7, 11) is 1.83. The highest BCUT2D eigenvalue weighted by molar-refractivity contribution is 5.64. The molecular formula is C12H14N4O2. The predicted molar refractivity (Wildman–Crippen MR) is 68.4 cm³/mol. The number of nitrogens with one attached hydrogen (secondary N) is 1. The lowest BCUT2D eigenvalue weighted by Gasteiger charge is -2.07. The van der Waals surface area contributed by atoms with Crippen LogP contribution >= 0.6 is 0 Å². The summed E-state index contributed by atoms with van der Waals surface area (Å²) in [6.07, 6.45) is 1.83. The van der Waals surface area contributed by atoms with Crippen molar-refractivity contribution in [3.63, 3.8) is 0 Å². The summed E-state index contributed by atoms with van der Waals surface area (Å²) in [5.41, 5.74) is 2.12. The highest BCUT2D eigenvalue weighted by Gasteiger charge is 2.16. The number of aryl methyl sites for hydroxylation is 2. The van der Waals surface area contributed by atoms with E-state index in [4.69, 9.17) is 0 Å². The number of nitro benzene ring substituents is 1. The Morgan fingerprint density at radius 3 is 2.83 bits per heavy atom. The van der Waals surface area contributed by atoms with Gasteiger partial charge in [0, 0.05) is 18.8 Å². The van der Waals surface area contributed by atoms with Crippen LogP contribution in [0.2, 0.25) is 0 Å². The smallest absolute Gasteiger partial charge is 0.295 e. The third kappa shape index (κ3) is 2.48. The van der Waals surface area contributed by atoms with E-state index in [0.29, 0.717) is 17.8 Å². The molecule has 1 aromatic heterocycles. The van der Waals surface area contributed by atoms with Gasteiger partial charge in [0.05, 0.1) is 17.2 Å². The molecule has 0 saturated carbocycles. The summed E-state index contributed by atoms with van der Waals surface area (Å²) in [5, 5.41) is 18.3. The van der Waals surface area contributed by atoms with E-state index in [1.807, 2.05) is 19.3 Å². The molecule has 0 fully saturated rings. The van der Waals surface area contributed by atoms with Gasteiger partial charge in [-0.25, -0.2) is 0 Å². The fourth-order valence-corrected chi connectivity index (χ4v) is 1.79. The first-order valence-corrected chi connectivity index (χ1v) is 5.54. The van der Waals surface area contributed by atoms with Crippen LogP contribution in [0.25, 0.3) is 0 Å². The summed E-state index contributed by atoms with van der Waals surface area (Å²) in [6, 6.07) is 7.09. The second kappa shape index (κ2) is 4.87. The van der Waals surface area contributed by atoms with Crippen LogP contribution in [0.5, 0.6) is 0 Å². The summed E-state index contributed by atoms with van der Waals surface area (Å²) >= 11 is 0. The van der Waals surface area contributed by atoms with Crippen molar-refractivity contribution < 1.29 is 4.92 Å². The van der Waals surface area contributed by atoms with Gasteiger partial charge in [0.15, 0.2) is 0 Å². The first kappa shape index (κ1) is 12.1. The van der Waals surface area contributed by atoms with Gasteiger partial charge in [-0.3, -0.25) is 14.8 Å². The van der Waals surface area contributed by atoms with Gasteiger partial charge in [-0.2, -0.15) is 5.10 Å². The fourth-order valence-electron chi connectivity index (χ4n) is 1.79. The first-order chi connectivity index (χ1) is 8.58. The van der Waals surface area contributed by atoms with Crippen molar-refractivity contribution in [1.82, 2.24) is 9.78 Å². The molecule has 0 aliphatic rings. The molecule has 6 nitrogen and oxygen atoms in total. The van der Waals surface area contributed by atoms with Gasteiger partial charge in [0.1, 0.15) is 5.69 Å².